The Hall–Kier alpha value is -1.32. The molecule has 0 bridgehead atoms. The van der Waals surface area contributed by atoms with Gasteiger partial charge >= 0.3 is 0 Å². The van der Waals surface area contributed by atoms with E-state index in [4.69, 9.17) is 4.42 Å². The number of furan rings is 1. The largest absolute Gasteiger partial charge is 0.464 e. The molecule has 3 heteroatoms. The predicted octanol–water partition coefficient (Wildman–Crippen LogP) is 3.42. The third kappa shape index (κ3) is 2.74. The Kier molecular flexibility index (Phi) is 3.57. The Morgan fingerprint density at radius 2 is 1.95 bits per heavy atom. The van der Waals surface area contributed by atoms with Gasteiger partial charge in [-0.1, -0.05) is 18.2 Å². The van der Waals surface area contributed by atoms with Crippen LogP contribution < -0.4 is 0 Å². The molecule has 3 nitrogen and oxygen atoms in total. The summed E-state index contributed by atoms with van der Waals surface area (Å²) in [6.45, 7) is 6.89. The number of fused-ring (bicyclic) bond motifs is 1. The molecule has 0 atom stereocenters. The second-order valence-electron chi connectivity index (χ2n) is 6.46. The van der Waals surface area contributed by atoms with Crippen molar-refractivity contribution in [1.29, 1.82) is 0 Å². The van der Waals surface area contributed by atoms with E-state index in [0.717, 1.165) is 38.1 Å². The number of aliphatic hydroxyl groups is 1. The van der Waals surface area contributed by atoms with E-state index in [9.17, 15) is 5.11 Å². The van der Waals surface area contributed by atoms with Crippen LogP contribution in [0.4, 0.5) is 0 Å². The molecule has 2 aromatic rings. The van der Waals surface area contributed by atoms with Crippen LogP contribution in [0.25, 0.3) is 11.0 Å². The molecular formula is C17H23NO2. The minimum absolute atomic E-state index is 0.417. The molecule has 0 unspecified atom stereocenters. The minimum atomic E-state index is -0.547. The predicted molar refractivity (Wildman–Crippen MR) is 80.5 cm³/mol. The lowest BCUT2D eigenvalue weighted by molar-refractivity contribution is -0.0136. The van der Waals surface area contributed by atoms with Gasteiger partial charge in [0.25, 0.3) is 0 Å². The summed E-state index contributed by atoms with van der Waals surface area (Å²) in [6.07, 6.45) is 4.02. The van der Waals surface area contributed by atoms with E-state index in [-0.39, 0.29) is 0 Å². The third-order valence-electron chi connectivity index (χ3n) is 4.54. The summed E-state index contributed by atoms with van der Waals surface area (Å²) >= 11 is 0. The zero-order valence-corrected chi connectivity index (χ0v) is 12.3. The Bertz CT molecular complexity index is 574. The van der Waals surface area contributed by atoms with Crippen LogP contribution in [0.5, 0.6) is 0 Å². The molecule has 1 aromatic heterocycles. The highest BCUT2D eigenvalue weighted by atomic mass is 16.3. The number of nitrogens with zero attached hydrogens (tertiary/aromatic N) is 1. The lowest BCUT2D eigenvalue weighted by Crippen LogP contribution is -2.41. The molecule has 1 aliphatic rings. The van der Waals surface area contributed by atoms with Crippen molar-refractivity contribution in [3.05, 3.63) is 36.1 Å². The van der Waals surface area contributed by atoms with Gasteiger partial charge in [-0.2, -0.15) is 0 Å². The fraction of sp³-hybridized carbons (Fsp3) is 0.529. The van der Waals surface area contributed by atoms with Crippen molar-refractivity contribution in [1.82, 2.24) is 4.90 Å². The molecule has 3 rings (SSSR count). The van der Waals surface area contributed by atoms with Crippen LogP contribution in [0.3, 0.4) is 0 Å². The first kappa shape index (κ1) is 13.7. The van der Waals surface area contributed by atoms with Gasteiger partial charge < -0.3 is 9.52 Å². The fourth-order valence-corrected chi connectivity index (χ4v) is 3.19. The van der Waals surface area contributed by atoms with Crippen molar-refractivity contribution in [2.45, 2.75) is 38.8 Å². The second-order valence-corrected chi connectivity index (χ2v) is 6.46. The summed E-state index contributed by atoms with van der Waals surface area (Å²) < 4.78 is 5.60. The molecule has 1 saturated heterocycles. The number of likely N-dealkylation sites (tertiary alicyclic amines) is 1. The fourth-order valence-electron chi connectivity index (χ4n) is 3.19. The van der Waals surface area contributed by atoms with Crippen molar-refractivity contribution >= 4 is 11.0 Å². The van der Waals surface area contributed by atoms with E-state index in [1.165, 1.54) is 10.9 Å². The number of para-hydroxylation sites is 1. The van der Waals surface area contributed by atoms with Crippen molar-refractivity contribution in [3.8, 4) is 0 Å². The number of piperidine rings is 1. The number of hydrogen-bond acceptors (Lipinski definition) is 3. The molecule has 2 heterocycles. The average Bonchev–Trinajstić information content (AvgIpc) is 2.82. The molecule has 0 saturated carbocycles. The van der Waals surface area contributed by atoms with Gasteiger partial charge in [0.05, 0.1) is 11.9 Å². The first-order chi connectivity index (χ1) is 9.54. The highest BCUT2D eigenvalue weighted by Crippen LogP contribution is 2.29. The van der Waals surface area contributed by atoms with Gasteiger partial charge in [-0.05, 0) is 51.8 Å². The van der Waals surface area contributed by atoms with Gasteiger partial charge in [-0.25, -0.2) is 0 Å². The Labute approximate surface area is 120 Å². The molecule has 0 radical (unpaired) electrons. The number of hydrogen-bond donors (Lipinski definition) is 1. The maximum atomic E-state index is 10.1. The van der Waals surface area contributed by atoms with Crippen molar-refractivity contribution < 1.29 is 9.52 Å². The Morgan fingerprint density at radius 3 is 2.65 bits per heavy atom. The SMILES string of the molecule is CC(C)(O)C1CCN(Cc2coc3ccccc23)CC1. The van der Waals surface area contributed by atoms with E-state index < -0.39 is 5.60 Å². The van der Waals surface area contributed by atoms with Crippen LogP contribution in [0.1, 0.15) is 32.3 Å². The van der Waals surface area contributed by atoms with E-state index in [2.05, 4.69) is 17.0 Å². The van der Waals surface area contributed by atoms with Crippen LogP contribution >= 0.6 is 0 Å². The van der Waals surface area contributed by atoms with E-state index in [1.807, 2.05) is 32.2 Å². The highest BCUT2D eigenvalue weighted by Gasteiger charge is 2.30. The normalized spacial score (nSPS) is 18.8. The lowest BCUT2D eigenvalue weighted by Gasteiger charge is -2.37. The molecule has 108 valence electrons. The lowest BCUT2D eigenvalue weighted by atomic mass is 9.83. The quantitative estimate of drug-likeness (QED) is 0.931. The smallest absolute Gasteiger partial charge is 0.134 e. The Morgan fingerprint density at radius 1 is 1.25 bits per heavy atom. The summed E-state index contributed by atoms with van der Waals surface area (Å²) in [6, 6.07) is 8.20. The molecule has 0 amide bonds. The van der Waals surface area contributed by atoms with Crippen LogP contribution in [-0.2, 0) is 6.54 Å². The number of benzene rings is 1. The first-order valence-corrected chi connectivity index (χ1v) is 7.44. The van der Waals surface area contributed by atoms with Crippen LogP contribution in [-0.4, -0.2) is 28.7 Å². The highest BCUT2D eigenvalue weighted by molar-refractivity contribution is 5.80. The molecule has 20 heavy (non-hydrogen) atoms. The summed E-state index contributed by atoms with van der Waals surface area (Å²) in [5, 5.41) is 11.3. The summed E-state index contributed by atoms with van der Waals surface area (Å²) in [5.41, 5.74) is 1.69. The van der Waals surface area contributed by atoms with E-state index >= 15 is 0 Å². The standard InChI is InChI=1S/C17H23NO2/c1-17(2,19)14-7-9-18(10-8-14)11-13-12-20-16-6-4-3-5-15(13)16/h3-6,12,14,19H,7-11H2,1-2H3. The van der Waals surface area contributed by atoms with Crippen molar-refractivity contribution in [2.24, 2.45) is 5.92 Å². The van der Waals surface area contributed by atoms with Crippen LogP contribution in [0.15, 0.2) is 34.9 Å². The zero-order valence-electron chi connectivity index (χ0n) is 12.3. The second kappa shape index (κ2) is 5.23. The van der Waals surface area contributed by atoms with Crippen molar-refractivity contribution in [3.63, 3.8) is 0 Å². The van der Waals surface area contributed by atoms with Crippen molar-refractivity contribution in [2.75, 3.05) is 13.1 Å². The molecular weight excluding hydrogens is 250 g/mol. The topological polar surface area (TPSA) is 36.6 Å². The van der Waals surface area contributed by atoms with Gasteiger partial charge in [-0.3, -0.25) is 4.90 Å². The summed E-state index contributed by atoms with van der Waals surface area (Å²) in [7, 11) is 0. The van der Waals surface area contributed by atoms with Gasteiger partial charge in [0.15, 0.2) is 0 Å². The summed E-state index contributed by atoms with van der Waals surface area (Å²) in [4.78, 5) is 2.46. The molecule has 1 aromatic carbocycles. The monoisotopic (exact) mass is 273 g/mol. The van der Waals surface area contributed by atoms with Gasteiger partial charge in [-0.15, -0.1) is 0 Å². The molecule has 0 aliphatic carbocycles. The van der Waals surface area contributed by atoms with Gasteiger partial charge in [0.1, 0.15) is 5.58 Å². The van der Waals surface area contributed by atoms with Gasteiger partial charge in [0, 0.05) is 17.5 Å². The minimum Gasteiger partial charge on any atom is -0.464 e. The average molecular weight is 273 g/mol. The number of rotatable bonds is 3. The zero-order chi connectivity index (χ0) is 14.2. The van der Waals surface area contributed by atoms with Crippen LogP contribution in [0.2, 0.25) is 0 Å². The van der Waals surface area contributed by atoms with Gasteiger partial charge in [0.2, 0.25) is 0 Å². The molecule has 0 spiro atoms. The molecule has 1 fully saturated rings. The van der Waals surface area contributed by atoms with Crippen LogP contribution in [0, 0.1) is 5.92 Å². The third-order valence-corrected chi connectivity index (χ3v) is 4.54. The van der Waals surface area contributed by atoms with E-state index in [0.29, 0.717) is 5.92 Å². The maximum Gasteiger partial charge on any atom is 0.134 e. The maximum absolute atomic E-state index is 10.1. The molecule has 1 N–H and O–H groups in total. The Balaban J connectivity index is 1.65. The molecule has 1 aliphatic heterocycles. The summed E-state index contributed by atoms with van der Waals surface area (Å²) in [5.74, 6) is 0.417. The first-order valence-electron chi connectivity index (χ1n) is 7.44. The van der Waals surface area contributed by atoms with E-state index in [1.54, 1.807) is 0 Å².